The molecule has 0 atom stereocenters. The Morgan fingerprint density at radius 3 is 2.29 bits per heavy atom. The van der Waals surface area contributed by atoms with Crippen LogP contribution >= 0.6 is 15.9 Å². The summed E-state index contributed by atoms with van der Waals surface area (Å²) in [5.74, 6) is 0.389. The number of hydrogen-bond donors (Lipinski definition) is 0. The van der Waals surface area contributed by atoms with E-state index in [9.17, 15) is 4.39 Å². The highest BCUT2D eigenvalue weighted by Gasteiger charge is 2.18. The molecule has 0 radical (unpaired) electrons. The molecule has 0 aliphatic carbocycles. The van der Waals surface area contributed by atoms with Gasteiger partial charge in [0.1, 0.15) is 11.6 Å². The van der Waals surface area contributed by atoms with E-state index in [1.54, 1.807) is 12.1 Å². The molecule has 28 heavy (non-hydrogen) atoms. The predicted molar refractivity (Wildman–Crippen MR) is 112 cm³/mol. The summed E-state index contributed by atoms with van der Waals surface area (Å²) in [5, 5.41) is 0. The Hall–Kier alpha value is -3.12. The number of fused-ring (bicyclic) bond motifs is 2. The lowest BCUT2D eigenvalue weighted by Crippen LogP contribution is -2.00. The number of rotatable bonds is 2. The van der Waals surface area contributed by atoms with E-state index in [2.05, 4.69) is 27.0 Å². The Balaban J connectivity index is 1.87. The first-order valence-electron chi connectivity index (χ1n) is 8.78. The molecule has 0 aliphatic rings. The maximum atomic E-state index is 13.5. The van der Waals surface area contributed by atoms with Crippen molar-refractivity contribution in [3.63, 3.8) is 0 Å². The monoisotopic (exact) mass is 432 g/mol. The lowest BCUT2D eigenvalue weighted by atomic mass is 10.2. The van der Waals surface area contributed by atoms with Crippen LogP contribution in [0.1, 0.15) is 5.56 Å². The van der Waals surface area contributed by atoms with Crippen LogP contribution in [0.25, 0.3) is 39.4 Å². The Kier molecular flexibility index (Phi) is 3.94. The van der Waals surface area contributed by atoms with Crippen molar-refractivity contribution in [2.75, 3.05) is 0 Å². The van der Waals surface area contributed by atoms with E-state index in [0.29, 0.717) is 17.1 Å². The number of para-hydroxylation sites is 2. The van der Waals surface area contributed by atoms with Crippen LogP contribution in [-0.4, -0.2) is 19.5 Å². The molecule has 0 saturated heterocycles. The van der Waals surface area contributed by atoms with Crippen LogP contribution in [-0.2, 0) is 0 Å². The molecule has 136 valence electrons. The Morgan fingerprint density at radius 1 is 0.857 bits per heavy atom. The van der Waals surface area contributed by atoms with Gasteiger partial charge in [0.05, 0.1) is 11.0 Å². The molecule has 0 saturated carbocycles. The molecule has 3 aromatic carbocycles. The van der Waals surface area contributed by atoms with Gasteiger partial charge in [0.15, 0.2) is 11.3 Å². The van der Waals surface area contributed by atoms with Gasteiger partial charge in [0.25, 0.3) is 0 Å². The minimum atomic E-state index is -0.284. The Labute approximate surface area is 168 Å². The molecule has 5 aromatic rings. The van der Waals surface area contributed by atoms with Gasteiger partial charge < -0.3 is 0 Å². The SMILES string of the molecule is Cc1cc(-n2c(-c3ccc(F)cc3)nc3nc4ccccc4nc32)ccc1Br. The third-order valence-corrected chi connectivity index (χ3v) is 5.56. The van der Waals surface area contributed by atoms with Gasteiger partial charge in [0, 0.05) is 15.7 Å². The van der Waals surface area contributed by atoms with Gasteiger partial charge in [-0.3, -0.25) is 4.57 Å². The fourth-order valence-electron chi connectivity index (χ4n) is 3.26. The molecular formula is C22H14BrFN4. The summed E-state index contributed by atoms with van der Waals surface area (Å²) >= 11 is 3.55. The van der Waals surface area contributed by atoms with Gasteiger partial charge in [-0.05, 0) is 67.1 Å². The molecule has 2 aromatic heterocycles. The lowest BCUT2D eigenvalue weighted by molar-refractivity contribution is 0.628. The molecule has 0 amide bonds. The number of benzene rings is 3. The molecule has 6 heteroatoms. The van der Waals surface area contributed by atoms with Crippen LogP contribution in [0.2, 0.25) is 0 Å². The minimum absolute atomic E-state index is 0.284. The van der Waals surface area contributed by atoms with Crippen LogP contribution in [0.5, 0.6) is 0 Å². The molecule has 5 rings (SSSR count). The highest BCUT2D eigenvalue weighted by molar-refractivity contribution is 9.10. The maximum Gasteiger partial charge on any atom is 0.199 e. The average Bonchev–Trinajstić information content (AvgIpc) is 3.07. The van der Waals surface area contributed by atoms with Gasteiger partial charge >= 0.3 is 0 Å². The fourth-order valence-corrected chi connectivity index (χ4v) is 3.51. The zero-order chi connectivity index (χ0) is 19.3. The number of nitrogens with zero attached hydrogens (tertiary/aromatic N) is 4. The Bertz CT molecular complexity index is 1340. The molecule has 0 fully saturated rings. The molecule has 0 bridgehead atoms. The van der Waals surface area contributed by atoms with Crippen molar-refractivity contribution >= 4 is 38.3 Å². The molecule has 0 unspecified atom stereocenters. The van der Waals surface area contributed by atoms with Gasteiger partial charge in [-0.25, -0.2) is 19.3 Å². The van der Waals surface area contributed by atoms with Crippen LogP contribution < -0.4 is 0 Å². The van der Waals surface area contributed by atoms with Gasteiger partial charge in [0.2, 0.25) is 0 Å². The summed E-state index contributed by atoms with van der Waals surface area (Å²) in [6, 6.07) is 20.1. The standard InChI is InChI=1S/C22H14BrFN4/c1-13-12-16(10-11-17(13)23)28-21(14-6-8-15(24)9-7-14)27-20-22(28)26-19-5-3-2-4-18(19)25-20/h2-12H,1H3. The number of halogens is 2. The number of aryl methyl sites for hydroxylation is 1. The predicted octanol–water partition coefficient (Wildman–Crippen LogP) is 5.85. The lowest BCUT2D eigenvalue weighted by Gasteiger charge is -2.10. The normalized spacial score (nSPS) is 11.4. The van der Waals surface area contributed by atoms with E-state index in [1.165, 1.54) is 12.1 Å². The average molecular weight is 433 g/mol. The van der Waals surface area contributed by atoms with Crippen molar-refractivity contribution in [1.82, 2.24) is 19.5 Å². The first kappa shape index (κ1) is 17.0. The third-order valence-electron chi connectivity index (χ3n) is 4.67. The second-order valence-electron chi connectivity index (χ2n) is 6.57. The first-order valence-corrected chi connectivity index (χ1v) is 9.57. The van der Waals surface area contributed by atoms with Crippen molar-refractivity contribution < 1.29 is 4.39 Å². The second kappa shape index (κ2) is 6.49. The van der Waals surface area contributed by atoms with Crippen LogP contribution in [0.15, 0.2) is 71.2 Å². The number of hydrogen-bond acceptors (Lipinski definition) is 3. The zero-order valence-electron chi connectivity index (χ0n) is 14.9. The van der Waals surface area contributed by atoms with E-state index in [4.69, 9.17) is 9.97 Å². The van der Waals surface area contributed by atoms with Crippen molar-refractivity contribution in [2.24, 2.45) is 0 Å². The van der Waals surface area contributed by atoms with Crippen LogP contribution in [0.4, 0.5) is 4.39 Å². The van der Waals surface area contributed by atoms with Gasteiger partial charge in [-0.15, -0.1) is 0 Å². The van der Waals surface area contributed by atoms with E-state index in [1.807, 2.05) is 47.9 Å². The third kappa shape index (κ3) is 2.77. The first-order chi connectivity index (χ1) is 13.6. The summed E-state index contributed by atoms with van der Waals surface area (Å²) in [5.41, 5.74) is 5.63. The van der Waals surface area contributed by atoms with E-state index in [0.717, 1.165) is 32.3 Å². The molecule has 2 heterocycles. The van der Waals surface area contributed by atoms with Crippen molar-refractivity contribution in [3.05, 3.63) is 82.6 Å². The van der Waals surface area contributed by atoms with Crippen LogP contribution in [0, 0.1) is 12.7 Å². The van der Waals surface area contributed by atoms with Crippen molar-refractivity contribution in [1.29, 1.82) is 0 Å². The minimum Gasteiger partial charge on any atom is -0.275 e. The summed E-state index contributed by atoms with van der Waals surface area (Å²) in [6.45, 7) is 2.03. The smallest absolute Gasteiger partial charge is 0.199 e. The highest BCUT2D eigenvalue weighted by atomic mass is 79.9. The molecular weight excluding hydrogens is 419 g/mol. The van der Waals surface area contributed by atoms with E-state index >= 15 is 0 Å². The number of aromatic nitrogens is 4. The van der Waals surface area contributed by atoms with E-state index in [-0.39, 0.29) is 5.82 Å². The topological polar surface area (TPSA) is 43.6 Å². The summed E-state index contributed by atoms with van der Waals surface area (Å²) in [6.07, 6.45) is 0. The van der Waals surface area contributed by atoms with E-state index < -0.39 is 0 Å². The highest BCUT2D eigenvalue weighted by Crippen LogP contribution is 2.30. The van der Waals surface area contributed by atoms with Gasteiger partial charge in [-0.1, -0.05) is 28.1 Å². The second-order valence-corrected chi connectivity index (χ2v) is 7.43. The fraction of sp³-hybridized carbons (Fsp3) is 0.0455. The summed E-state index contributed by atoms with van der Waals surface area (Å²) < 4.78 is 16.5. The summed E-state index contributed by atoms with van der Waals surface area (Å²) in [7, 11) is 0. The molecule has 0 spiro atoms. The summed E-state index contributed by atoms with van der Waals surface area (Å²) in [4.78, 5) is 14.3. The largest absolute Gasteiger partial charge is 0.275 e. The molecule has 0 N–H and O–H groups in total. The molecule has 4 nitrogen and oxygen atoms in total. The van der Waals surface area contributed by atoms with Crippen LogP contribution in [0.3, 0.4) is 0 Å². The van der Waals surface area contributed by atoms with Crippen molar-refractivity contribution in [2.45, 2.75) is 6.92 Å². The molecule has 0 aliphatic heterocycles. The quantitative estimate of drug-likeness (QED) is 0.351. The maximum absolute atomic E-state index is 13.5. The zero-order valence-corrected chi connectivity index (χ0v) is 16.5. The van der Waals surface area contributed by atoms with Gasteiger partial charge in [-0.2, -0.15) is 0 Å². The number of imidazole rings is 1. The van der Waals surface area contributed by atoms with Crippen molar-refractivity contribution in [3.8, 4) is 17.1 Å². The Morgan fingerprint density at radius 2 is 1.57 bits per heavy atom.